The van der Waals surface area contributed by atoms with E-state index < -0.39 is 8.32 Å². The molecule has 3 nitrogen and oxygen atoms in total. The first-order valence-corrected chi connectivity index (χ1v) is 14.1. The van der Waals surface area contributed by atoms with Crippen molar-refractivity contribution in [3.8, 4) is 0 Å². The standard InChI is InChI=1S/C24H41NO2Si/c1-16-18(15-26)22(17-11-9-10-12-17)25-19-13-24(5,6)14-20(21(16)19)27-28(7,8)23(2,3)4/h17,20,26H,9-15H2,1-8H3. The summed E-state index contributed by atoms with van der Waals surface area (Å²) in [6, 6.07) is 0. The second-order valence-corrected chi connectivity index (χ2v) is 16.3. The van der Waals surface area contributed by atoms with Gasteiger partial charge in [-0.2, -0.15) is 0 Å². The van der Waals surface area contributed by atoms with Gasteiger partial charge in [-0.05, 0) is 61.7 Å². The Balaban J connectivity index is 2.10. The summed E-state index contributed by atoms with van der Waals surface area (Å²) < 4.78 is 6.97. The maximum atomic E-state index is 10.2. The molecule has 0 amide bonds. The van der Waals surface area contributed by atoms with Crippen molar-refractivity contribution in [1.82, 2.24) is 4.98 Å². The molecular weight excluding hydrogens is 362 g/mol. The first-order chi connectivity index (χ1) is 12.9. The largest absolute Gasteiger partial charge is 0.410 e. The number of fused-ring (bicyclic) bond motifs is 1. The Morgan fingerprint density at radius 1 is 1.18 bits per heavy atom. The minimum absolute atomic E-state index is 0.0914. The molecule has 0 aromatic carbocycles. The topological polar surface area (TPSA) is 42.4 Å². The van der Waals surface area contributed by atoms with Crippen LogP contribution in [0, 0.1) is 12.3 Å². The van der Waals surface area contributed by atoms with E-state index in [0.29, 0.717) is 5.92 Å². The van der Waals surface area contributed by atoms with E-state index in [2.05, 4.69) is 54.6 Å². The zero-order chi connectivity index (χ0) is 20.9. The molecule has 0 saturated heterocycles. The van der Waals surface area contributed by atoms with Gasteiger partial charge in [-0.1, -0.05) is 47.5 Å². The highest BCUT2D eigenvalue weighted by molar-refractivity contribution is 6.74. The van der Waals surface area contributed by atoms with Gasteiger partial charge in [0.1, 0.15) is 0 Å². The molecule has 0 spiro atoms. The van der Waals surface area contributed by atoms with E-state index in [0.717, 1.165) is 18.4 Å². The first-order valence-electron chi connectivity index (χ1n) is 11.2. The van der Waals surface area contributed by atoms with Gasteiger partial charge in [-0.3, -0.25) is 4.98 Å². The second-order valence-electron chi connectivity index (χ2n) is 11.5. The third-order valence-electron chi connectivity index (χ3n) is 7.58. The highest BCUT2D eigenvalue weighted by Gasteiger charge is 2.44. The SMILES string of the molecule is Cc1c(CO)c(C2CCCC2)nc2c1C(O[Si](C)(C)C(C)(C)C)CC(C)(C)C2. The smallest absolute Gasteiger partial charge is 0.192 e. The monoisotopic (exact) mass is 403 g/mol. The molecule has 1 aromatic rings. The Bertz CT molecular complexity index is 727. The normalized spacial score (nSPS) is 23.1. The van der Waals surface area contributed by atoms with Gasteiger partial charge < -0.3 is 9.53 Å². The van der Waals surface area contributed by atoms with E-state index in [4.69, 9.17) is 9.41 Å². The fourth-order valence-corrected chi connectivity index (χ4v) is 6.17. The fraction of sp³-hybridized carbons (Fsp3) is 0.792. The lowest BCUT2D eigenvalue weighted by Gasteiger charge is -2.45. The van der Waals surface area contributed by atoms with Gasteiger partial charge in [0.2, 0.25) is 0 Å². The first kappa shape index (κ1) is 22.0. The minimum atomic E-state index is -1.90. The predicted molar refractivity (Wildman–Crippen MR) is 119 cm³/mol. The molecule has 1 heterocycles. The number of hydrogen-bond acceptors (Lipinski definition) is 3. The van der Waals surface area contributed by atoms with Crippen LogP contribution in [0.1, 0.15) is 107 Å². The quantitative estimate of drug-likeness (QED) is 0.578. The van der Waals surface area contributed by atoms with Gasteiger partial charge in [0.05, 0.1) is 12.7 Å². The molecule has 158 valence electrons. The van der Waals surface area contributed by atoms with E-state index in [-0.39, 0.29) is 23.2 Å². The molecule has 1 saturated carbocycles. The van der Waals surface area contributed by atoms with E-state index in [1.807, 2.05) is 0 Å². The minimum Gasteiger partial charge on any atom is -0.410 e. The lowest BCUT2D eigenvalue weighted by Crippen LogP contribution is -2.44. The second kappa shape index (κ2) is 7.52. The number of pyridine rings is 1. The van der Waals surface area contributed by atoms with Crippen LogP contribution in [0.25, 0.3) is 0 Å². The third-order valence-corrected chi connectivity index (χ3v) is 12.1. The molecule has 1 N–H and O–H groups in total. The molecule has 1 atom stereocenters. The Hall–Kier alpha value is -0.713. The van der Waals surface area contributed by atoms with Crippen molar-refractivity contribution in [2.45, 2.75) is 117 Å². The number of aliphatic hydroxyl groups is 1. The Morgan fingerprint density at radius 3 is 2.32 bits per heavy atom. The molecule has 0 bridgehead atoms. The zero-order valence-corrected chi connectivity index (χ0v) is 20.4. The highest BCUT2D eigenvalue weighted by atomic mass is 28.4. The van der Waals surface area contributed by atoms with Crippen LogP contribution in [0.4, 0.5) is 0 Å². The van der Waals surface area contributed by atoms with E-state index in [1.165, 1.54) is 48.2 Å². The van der Waals surface area contributed by atoms with Crippen LogP contribution in [0.5, 0.6) is 0 Å². The van der Waals surface area contributed by atoms with Crippen LogP contribution in [0.2, 0.25) is 18.1 Å². The van der Waals surface area contributed by atoms with E-state index in [1.54, 1.807) is 0 Å². The van der Waals surface area contributed by atoms with Crippen LogP contribution in [0.15, 0.2) is 0 Å². The summed E-state index contributed by atoms with van der Waals surface area (Å²) >= 11 is 0. The van der Waals surface area contributed by atoms with Crippen LogP contribution in [-0.4, -0.2) is 18.4 Å². The summed E-state index contributed by atoms with van der Waals surface area (Å²) in [6.07, 6.45) is 7.13. The lowest BCUT2D eigenvalue weighted by molar-refractivity contribution is 0.105. The molecule has 28 heavy (non-hydrogen) atoms. The Labute approximate surface area is 173 Å². The molecular formula is C24H41NO2Si. The molecule has 1 fully saturated rings. The summed E-state index contributed by atoms with van der Waals surface area (Å²) in [7, 11) is -1.90. The fourth-order valence-electron chi connectivity index (χ4n) is 4.91. The summed E-state index contributed by atoms with van der Waals surface area (Å²) in [5, 5.41) is 10.4. The maximum absolute atomic E-state index is 10.2. The lowest BCUT2D eigenvalue weighted by atomic mass is 9.73. The maximum Gasteiger partial charge on any atom is 0.192 e. The summed E-state index contributed by atoms with van der Waals surface area (Å²) in [5.41, 5.74) is 6.21. The van der Waals surface area contributed by atoms with Gasteiger partial charge in [0.15, 0.2) is 8.32 Å². The molecule has 4 heteroatoms. The van der Waals surface area contributed by atoms with Crippen molar-refractivity contribution in [3.05, 3.63) is 28.1 Å². The summed E-state index contributed by atoms with van der Waals surface area (Å²) in [6.45, 7) is 18.6. The van der Waals surface area contributed by atoms with Gasteiger partial charge >= 0.3 is 0 Å². The molecule has 1 aromatic heterocycles. The number of aliphatic hydroxyl groups excluding tert-OH is 1. The van der Waals surface area contributed by atoms with Gasteiger partial charge in [0, 0.05) is 28.4 Å². The van der Waals surface area contributed by atoms with Crippen molar-refractivity contribution >= 4 is 8.32 Å². The summed E-state index contributed by atoms with van der Waals surface area (Å²) in [5.74, 6) is 0.524. The molecule has 2 aliphatic carbocycles. The Kier molecular flexibility index (Phi) is 5.90. The highest BCUT2D eigenvalue weighted by Crippen LogP contribution is 2.49. The van der Waals surface area contributed by atoms with Crippen molar-refractivity contribution < 1.29 is 9.53 Å². The van der Waals surface area contributed by atoms with Gasteiger partial charge in [0.25, 0.3) is 0 Å². The van der Waals surface area contributed by atoms with Crippen LogP contribution >= 0.6 is 0 Å². The van der Waals surface area contributed by atoms with Gasteiger partial charge in [-0.15, -0.1) is 0 Å². The number of nitrogens with zero attached hydrogens (tertiary/aromatic N) is 1. The number of aromatic nitrogens is 1. The zero-order valence-electron chi connectivity index (χ0n) is 19.4. The van der Waals surface area contributed by atoms with Gasteiger partial charge in [-0.25, -0.2) is 0 Å². The van der Waals surface area contributed by atoms with Crippen LogP contribution in [-0.2, 0) is 17.5 Å². The molecule has 1 unspecified atom stereocenters. The van der Waals surface area contributed by atoms with Crippen LogP contribution in [0.3, 0.4) is 0 Å². The summed E-state index contributed by atoms with van der Waals surface area (Å²) in [4.78, 5) is 5.24. The van der Waals surface area contributed by atoms with E-state index in [9.17, 15) is 5.11 Å². The number of hydrogen-bond donors (Lipinski definition) is 1. The average Bonchev–Trinajstić information content (AvgIpc) is 3.05. The molecule has 0 aliphatic heterocycles. The molecule has 0 radical (unpaired) electrons. The Morgan fingerprint density at radius 2 is 1.79 bits per heavy atom. The predicted octanol–water partition coefficient (Wildman–Crippen LogP) is 6.58. The molecule has 2 aliphatic rings. The number of rotatable bonds is 4. The van der Waals surface area contributed by atoms with Crippen LogP contribution < -0.4 is 0 Å². The van der Waals surface area contributed by atoms with Crippen molar-refractivity contribution in [2.75, 3.05) is 0 Å². The van der Waals surface area contributed by atoms with Crippen molar-refractivity contribution in [3.63, 3.8) is 0 Å². The van der Waals surface area contributed by atoms with Crippen molar-refractivity contribution in [1.29, 1.82) is 0 Å². The van der Waals surface area contributed by atoms with E-state index >= 15 is 0 Å². The van der Waals surface area contributed by atoms with Crippen molar-refractivity contribution in [2.24, 2.45) is 5.41 Å². The average molecular weight is 404 g/mol. The molecule has 3 rings (SSSR count). The third kappa shape index (κ3) is 4.10.